The van der Waals surface area contributed by atoms with E-state index in [-0.39, 0.29) is 5.41 Å². The maximum absolute atomic E-state index is 5.97. The highest BCUT2D eigenvalue weighted by Gasteiger charge is 2.23. The molecule has 0 saturated heterocycles. The molecule has 5 nitrogen and oxygen atoms in total. The maximum Gasteiger partial charge on any atom is 0.182 e. The third kappa shape index (κ3) is 2.47. The van der Waals surface area contributed by atoms with Gasteiger partial charge in [0.1, 0.15) is 11.5 Å². The lowest BCUT2D eigenvalue weighted by molar-refractivity contribution is 0.564. The number of aromatic nitrogens is 4. The molecule has 0 bridgehead atoms. The lowest BCUT2D eigenvalue weighted by Crippen LogP contribution is -2.18. The summed E-state index contributed by atoms with van der Waals surface area (Å²) in [7, 11) is 1.87. The van der Waals surface area contributed by atoms with Crippen molar-refractivity contribution >= 4 is 28.4 Å². The van der Waals surface area contributed by atoms with E-state index >= 15 is 0 Å². The van der Waals surface area contributed by atoms with Crippen molar-refractivity contribution in [2.45, 2.75) is 26.2 Å². The number of nitrogens with two attached hydrogens (primary N) is 1. The van der Waals surface area contributed by atoms with Crippen LogP contribution in [0.2, 0.25) is 0 Å². The van der Waals surface area contributed by atoms with Gasteiger partial charge in [0, 0.05) is 18.7 Å². The number of anilines is 1. The zero-order valence-electron chi connectivity index (χ0n) is 10.9. The van der Waals surface area contributed by atoms with Crippen LogP contribution >= 0.6 is 22.6 Å². The second-order valence-corrected chi connectivity index (χ2v) is 6.30. The molecule has 0 unspecified atom stereocenters. The molecule has 2 aromatic rings. The van der Waals surface area contributed by atoms with Gasteiger partial charge in [0.05, 0.1) is 9.26 Å². The Morgan fingerprint density at radius 3 is 2.44 bits per heavy atom. The number of aryl methyl sites for hydroxylation is 1. The third-order valence-electron chi connectivity index (χ3n) is 2.53. The first-order valence-corrected chi connectivity index (χ1v) is 6.70. The summed E-state index contributed by atoms with van der Waals surface area (Å²) in [5, 5.41) is 4.31. The Morgan fingerprint density at radius 2 is 1.94 bits per heavy atom. The predicted octanol–water partition coefficient (Wildman–Crippen LogP) is 2.36. The first-order valence-electron chi connectivity index (χ1n) is 5.62. The summed E-state index contributed by atoms with van der Waals surface area (Å²) < 4.78 is 2.64. The summed E-state index contributed by atoms with van der Waals surface area (Å²) in [5.41, 5.74) is 7.59. The van der Waals surface area contributed by atoms with Crippen molar-refractivity contribution in [2.24, 2.45) is 7.05 Å². The average molecular weight is 357 g/mol. The van der Waals surface area contributed by atoms with E-state index in [9.17, 15) is 0 Å². The van der Waals surface area contributed by atoms with Crippen LogP contribution < -0.4 is 5.73 Å². The molecule has 6 heteroatoms. The molecule has 18 heavy (non-hydrogen) atoms. The van der Waals surface area contributed by atoms with Crippen LogP contribution in [0.3, 0.4) is 0 Å². The van der Waals surface area contributed by atoms with Crippen molar-refractivity contribution < 1.29 is 0 Å². The van der Waals surface area contributed by atoms with Gasteiger partial charge in [-0.15, -0.1) is 0 Å². The van der Waals surface area contributed by atoms with Gasteiger partial charge in [-0.2, -0.15) is 5.10 Å². The van der Waals surface area contributed by atoms with Crippen molar-refractivity contribution in [3.63, 3.8) is 0 Å². The van der Waals surface area contributed by atoms with Gasteiger partial charge in [-0.25, -0.2) is 9.97 Å². The minimum Gasteiger partial charge on any atom is -0.383 e. The van der Waals surface area contributed by atoms with Crippen molar-refractivity contribution in [1.29, 1.82) is 0 Å². The molecular formula is C12H16IN5. The van der Waals surface area contributed by atoms with E-state index in [0.29, 0.717) is 11.6 Å². The largest absolute Gasteiger partial charge is 0.383 e. The van der Waals surface area contributed by atoms with E-state index in [1.165, 1.54) is 0 Å². The Balaban J connectivity index is 2.61. The van der Waals surface area contributed by atoms with Gasteiger partial charge >= 0.3 is 0 Å². The van der Waals surface area contributed by atoms with E-state index in [0.717, 1.165) is 15.0 Å². The predicted molar refractivity (Wildman–Crippen MR) is 80.1 cm³/mol. The topological polar surface area (TPSA) is 69.6 Å². The van der Waals surface area contributed by atoms with E-state index in [2.05, 4.69) is 58.4 Å². The van der Waals surface area contributed by atoms with Crippen molar-refractivity contribution in [3.05, 3.63) is 21.5 Å². The summed E-state index contributed by atoms with van der Waals surface area (Å²) in [6, 6.07) is 1.88. The molecule has 2 N–H and O–H groups in total. The zero-order valence-corrected chi connectivity index (χ0v) is 13.1. The number of nitrogen functional groups attached to an aromatic ring is 1. The van der Waals surface area contributed by atoms with Gasteiger partial charge in [0.2, 0.25) is 0 Å². The van der Waals surface area contributed by atoms with Crippen LogP contribution in [-0.4, -0.2) is 19.7 Å². The molecule has 0 saturated carbocycles. The van der Waals surface area contributed by atoms with Gasteiger partial charge in [0.25, 0.3) is 0 Å². The Morgan fingerprint density at radius 1 is 1.28 bits per heavy atom. The summed E-state index contributed by atoms with van der Waals surface area (Å²) in [6.45, 7) is 6.33. The van der Waals surface area contributed by atoms with E-state index in [1.807, 2.05) is 19.3 Å². The molecule has 0 amide bonds. The summed E-state index contributed by atoms with van der Waals surface area (Å²) in [6.07, 6.45) is 1.86. The number of hydrogen-bond acceptors (Lipinski definition) is 4. The number of hydrogen-bond donors (Lipinski definition) is 1. The highest BCUT2D eigenvalue weighted by Crippen LogP contribution is 2.29. The minimum absolute atomic E-state index is 0.0723. The lowest BCUT2D eigenvalue weighted by Gasteiger charge is -2.20. The zero-order chi connectivity index (χ0) is 13.5. The molecule has 2 heterocycles. The van der Waals surface area contributed by atoms with Gasteiger partial charge < -0.3 is 5.73 Å². The number of halogens is 1. The molecule has 2 aromatic heterocycles. The van der Waals surface area contributed by atoms with Gasteiger partial charge in [-0.3, -0.25) is 4.68 Å². The summed E-state index contributed by atoms with van der Waals surface area (Å²) in [4.78, 5) is 8.93. The van der Waals surface area contributed by atoms with Crippen LogP contribution in [0, 0.1) is 3.57 Å². The fraction of sp³-hybridized carbons (Fsp3) is 0.417. The van der Waals surface area contributed by atoms with Crippen LogP contribution in [0.5, 0.6) is 0 Å². The number of rotatable bonds is 1. The Labute approximate surface area is 120 Å². The highest BCUT2D eigenvalue weighted by atomic mass is 127. The second kappa shape index (κ2) is 4.49. The first-order chi connectivity index (χ1) is 8.29. The third-order valence-corrected chi connectivity index (χ3v) is 3.59. The molecule has 0 aliphatic rings. The van der Waals surface area contributed by atoms with Gasteiger partial charge in [-0.05, 0) is 28.7 Å². The standard InChI is InChI=1S/C12H16IN5/c1-12(2,3)9-8(13)10(14)16-11(15-9)7-5-6-18(4)17-7/h5-6H,1-4H3,(H2,14,15,16). The molecule has 0 fully saturated rings. The van der Waals surface area contributed by atoms with Crippen LogP contribution in [0.4, 0.5) is 5.82 Å². The van der Waals surface area contributed by atoms with Crippen LogP contribution in [0.1, 0.15) is 26.5 Å². The monoisotopic (exact) mass is 357 g/mol. The molecule has 0 aliphatic carbocycles. The van der Waals surface area contributed by atoms with Crippen molar-refractivity contribution in [3.8, 4) is 11.5 Å². The van der Waals surface area contributed by atoms with E-state index < -0.39 is 0 Å². The smallest absolute Gasteiger partial charge is 0.182 e. The lowest BCUT2D eigenvalue weighted by atomic mass is 9.92. The van der Waals surface area contributed by atoms with Crippen molar-refractivity contribution in [1.82, 2.24) is 19.7 Å². The molecule has 2 rings (SSSR count). The fourth-order valence-electron chi connectivity index (χ4n) is 1.61. The normalized spacial score (nSPS) is 11.8. The first kappa shape index (κ1) is 13.3. The molecule has 0 radical (unpaired) electrons. The van der Waals surface area contributed by atoms with Crippen LogP contribution in [0.25, 0.3) is 11.5 Å². The van der Waals surface area contributed by atoms with Crippen LogP contribution in [-0.2, 0) is 12.5 Å². The Bertz CT molecular complexity index is 583. The maximum atomic E-state index is 5.97. The van der Waals surface area contributed by atoms with Crippen LogP contribution in [0.15, 0.2) is 12.3 Å². The minimum atomic E-state index is -0.0723. The number of nitrogens with zero attached hydrogens (tertiary/aromatic N) is 4. The van der Waals surface area contributed by atoms with Gasteiger partial charge in [0.15, 0.2) is 5.82 Å². The van der Waals surface area contributed by atoms with E-state index in [1.54, 1.807) is 4.68 Å². The summed E-state index contributed by atoms with van der Waals surface area (Å²) >= 11 is 2.20. The Kier molecular flexibility index (Phi) is 3.31. The molecule has 0 aliphatic heterocycles. The highest BCUT2D eigenvalue weighted by molar-refractivity contribution is 14.1. The average Bonchev–Trinajstić information content (AvgIpc) is 2.67. The molecule has 96 valence electrons. The summed E-state index contributed by atoms with van der Waals surface area (Å²) in [5.74, 6) is 1.09. The fourth-order valence-corrected chi connectivity index (χ4v) is 2.66. The molecule has 0 atom stereocenters. The molecule has 0 aromatic carbocycles. The van der Waals surface area contributed by atoms with Gasteiger partial charge in [-0.1, -0.05) is 20.8 Å². The quantitative estimate of drug-likeness (QED) is 0.796. The molecule has 0 spiro atoms. The van der Waals surface area contributed by atoms with E-state index in [4.69, 9.17) is 5.73 Å². The second-order valence-electron chi connectivity index (χ2n) is 5.22. The van der Waals surface area contributed by atoms with Crippen molar-refractivity contribution in [2.75, 3.05) is 5.73 Å². The Hall–Kier alpha value is -1.18. The molecular weight excluding hydrogens is 341 g/mol. The SMILES string of the molecule is Cn1ccc(-c2nc(N)c(I)c(C(C)(C)C)n2)n1.